The Morgan fingerprint density at radius 3 is 1.66 bits per heavy atom. The van der Waals surface area contributed by atoms with Crippen LogP contribution in [-0.4, -0.2) is 9.97 Å². The summed E-state index contributed by atoms with van der Waals surface area (Å²) in [5, 5.41) is 9.78. The molecule has 0 aliphatic rings. The highest BCUT2D eigenvalue weighted by Gasteiger charge is 2.16. The van der Waals surface area contributed by atoms with E-state index in [1.54, 1.807) is 6.07 Å². The largest absolute Gasteiger partial charge is 0.436 e. The summed E-state index contributed by atoms with van der Waals surface area (Å²) in [5.41, 5.74) is 10.6. The predicted molar refractivity (Wildman–Crippen MR) is 164 cm³/mol. The minimum atomic E-state index is 0.523. The molecular formula is C37H23N3O. The number of fused-ring (bicyclic) bond motifs is 1. The van der Waals surface area contributed by atoms with Crippen molar-refractivity contribution in [2.75, 3.05) is 0 Å². The highest BCUT2D eigenvalue weighted by Crippen LogP contribution is 2.36. The third kappa shape index (κ3) is 4.78. The van der Waals surface area contributed by atoms with E-state index in [4.69, 9.17) is 14.4 Å². The quantitative estimate of drug-likeness (QED) is 0.224. The molecule has 0 N–H and O–H groups in total. The molecular weight excluding hydrogens is 502 g/mol. The summed E-state index contributed by atoms with van der Waals surface area (Å²) in [4.78, 5) is 9.88. The molecule has 0 saturated heterocycles. The fourth-order valence-electron chi connectivity index (χ4n) is 5.10. The number of benzene rings is 5. The van der Waals surface area contributed by atoms with Gasteiger partial charge in [0.25, 0.3) is 0 Å². The molecule has 0 amide bonds. The number of oxazole rings is 1. The van der Waals surface area contributed by atoms with E-state index in [1.165, 1.54) is 0 Å². The van der Waals surface area contributed by atoms with Crippen molar-refractivity contribution in [3.63, 3.8) is 0 Å². The number of rotatable bonds is 5. The lowest BCUT2D eigenvalue weighted by atomic mass is 9.95. The van der Waals surface area contributed by atoms with Gasteiger partial charge in [-0.05, 0) is 53.1 Å². The van der Waals surface area contributed by atoms with Gasteiger partial charge >= 0.3 is 0 Å². The lowest BCUT2D eigenvalue weighted by Crippen LogP contribution is -1.91. The Balaban J connectivity index is 1.39. The average Bonchev–Trinajstić information content (AvgIpc) is 3.50. The maximum absolute atomic E-state index is 9.78. The van der Waals surface area contributed by atoms with E-state index in [0.29, 0.717) is 17.0 Å². The second-order valence-corrected chi connectivity index (χ2v) is 9.81. The highest BCUT2D eigenvalue weighted by atomic mass is 16.3. The molecule has 192 valence electrons. The number of hydrogen-bond acceptors (Lipinski definition) is 4. The van der Waals surface area contributed by atoms with Gasteiger partial charge in [0.05, 0.1) is 23.0 Å². The van der Waals surface area contributed by atoms with E-state index >= 15 is 0 Å². The number of hydrogen-bond donors (Lipinski definition) is 0. The molecule has 5 aromatic carbocycles. The maximum Gasteiger partial charge on any atom is 0.227 e. The number of pyridine rings is 1. The van der Waals surface area contributed by atoms with Crippen LogP contribution in [0.4, 0.5) is 0 Å². The fourth-order valence-corrected chi connectivity index (χ4v) is 5.10. The Morgan fingerprint density at radius 1 is 0.488 bits per heavy atom. The molecule has 41 heavy (non-hydrogen) atoms. The zero-order valence-corrected chi connectivity index (χ0v) is 22.0. The first-order chi connectivity index (χ1) is 20.2. The normalized spacial score (nSPS) is 10.9. The van der Waals surface area contributed by atoms with Gasteiger partial charge < -0.3 is 4.42 Å². The van der Waals surface area contributed by atoms with Crippen molar-refractivity contribution < 1.29 is 4.42 Å². The predicted octanol–water partition coefficient (Wildman–Crippen LogP) is 9.43. The van der Waals surface area contributed by atoms with Crippen molar-refractivity contribution in [3.8, 4) is 62.3 Å². The molecule has 4 heteroatoms. The van der Waals surface area contributed by atoms with Gasteiger partial charge in [-0.3, -0.25) is 0 Å². The molecule has 2 aromatic heterocycles. The Morgan fingerprint density at radius 2 is 1.05 bits per heavy atom. The zero-order valence-electron chi connectivity index (χ0n) is 22.0. The summed E-state index contributed by atoms with van der Waals surface area (Å²) in [6, 6.07) is 48.8. The molecule has 0 unspecified atom stereocenters. The highest BCUT2D eigenvalue weighted by molar-refractivity contribution is 5.94. The Labute approximate surface area is 237 Å². The van der Waals surface area contributed by atoms with Gasteiger partial charge in [-0.15, -0.1) is 0 Å². The van der Waals surface area contributed by atoms with Crippen LogP contribution in [0.25, 0.3) is 67.3 Å². The molecule has 0 radical (unpaired) electrons. The van der Waals surface area contributed by atoms with Crippen LogP contribution in [0, 0.1) is 11.3 Å². The molecule has 0 saturated carbocycles. The van der Waals surface area contributed by atoms with Gasteiger partial charge in [-0.25, -0.2) is 9.97 Å². The Kier molecular flexibility index (Phi) is 6.16. The van der Waals surface area contributed by atoms with Gasteiger partial charge in [-0.2, -0.15) is 5.26 Å². The van der Waals surface area contributed by atoms with Crippen LogP contribution in [0.5, 0.6) is 0 Å². The van der Waals surface area contributed by atoms with Crippen molar-refractivity contribution in [1.29, 1.82) is 5.26 Å². The van der Waals surface area contributed by atoms with Gasteiger partial charge in [-0.1, -0.05) is 97.1 Å². The molecule has 7 aromatic rings. The topological polar surface area (TPSA) is 62.7 Å². The smallest absolute Gasteiger partial charge is 0.227 e. The molecule has 0 atom stereocenters. The van der Waals surface area contributed by atoms with E-state index in [9.17, 15) is 5.26 Å². The maximum atomic E-state index is 9.78. The summed E-state index contributed by atoms with van der Waals surface area (Å²) < 4.78 is 6.13. The van der Waals surface area contributed by atoms with E-state index in [-0.39, 0.29) is 0 Å². The van der Waals surface area contributed by atoms with Gasteiger partial charge in [0.15, 0.2) is 5.58 Å². The van der Waals surface area contributed by atoms with Crippen LogP contribution in [0.2, 0.25) is 0 Å². The summed E-state index contributed by atoms with van der Waals surface area (Å²) in [6.07, 6.45) is 0. The number of nitrogens with zero attached hydrogens (tertiary/aromatic N) is 3. The zero-order chi connectivity index (χ0) is 27.6. The van der Waals surface area contributed by atoms with Crippen LogP contribution in [0.1, 0.15) is 5.56 Å². The van der Waals surface area contributed by atoms with Crippen molar-refractivity contribution >= 4 is 11.1 Å². The Hall–Kier alpha value is -5.79. The van der Waals surface area contributed by atoms with Crippen LogP contribution in [0.15, 0.2) is 144 Å². The van der Waals surface area contributed by atoms with Crippen LogP contribution >= 0.6 is 0 Å². The number of aromatic nitrogens is 2. The first-order valence-electron chi connectivity index (χ1n) is 13.4. The van der Waals surface area contributed by atoms with Crippen LogP contribution < -0.4 is 0 Å². The summed E-state index contributed by atoms with van der Waals surface area (Å²) in [5.74, 6) is 0.530. The number of nitriles is 1. The van der Waals surface area contributed by atoms with E-state index in [0.717, 1.165) is 55.8 Å². The monoisotopic (exact) mass is 525 g/mol. The van der Waals surface area contributed by atoms with E-state index < -0.39 is 0 Å². The minimum Gasteiger partial charge on any atom is -0.436 e. The second kappa shape index (κ2) is 10.4. The van der Waals surface area contributed by atoms with Gasteiger partial charge in [0.1, 0.15) is 5.52 Å². The fraction of sp³-hybridized carbons (Fsp3) is 0. The molecule has 0 aliphatic heterocycles. The van der Waals surface area contributed by atoms with Crippen molar-refractivity contribution in [3.05, 3.63) is 145 Å². The molecule has 2 heterocycles. The SMILES string of the molecule is N#Cc1cc(-c2cccc(-c3cc(-c4ccccc4)nc(-c4ccccc4)c3)c2)c2nc(-c3ccccc3)oc2c1. The average molecular weight is 526 g/mol. The van der Waals surface area contributed by atoms with Gasteiger partial charge in [0.2, 0.25) is 5.89 Å². The van der Waals surface area contributed by atoms with Crippen molar-refractivity contribution in [2.45, 2.75) is 0 Å². The molecule has 4 nitrogen and oxygen atoms in total. The standard InChI is InChI=1S/C37H23N3O/c38-24-25-19-32(36-35(20-25)41-37(40-36)28-15-8-3-9-16-28)30-18-10-17-29(21-30)31-22-33(26-11-4-1-5-12-26)39-34(23-31)27-13-6-2-7-14-27/h1-23H. The summed E-state index contributed by atoms with van der Waals surface area (Å²) in [6.45, 7) is 0. The van der Waals surface area contributed by atoms with E-state index in [1.807, 2.05) is 84.9 Å². The molecule has 0 aliphatic carbocycles. The molecule has 0 bridgehead atoms. The first-order valence-corrected chi connectivity index (χ1v) is 13.4. The van der Waals surface area contributed by atoms with Crippen LogP contribution in [-0.2, 0) is 0 Å². The van der Waals surface area contributed by atoms with Crippen LogP contribution in [0.3, 0.4) is 0 Å². The molecule has 0 spiro atoms. The lowest BCUT2D eigenvalue weighted by molar-refractivity contribution is 0.620. The second-order valence-electron chi connectivity index (χ2n) is 9.81. The molecule has 0 fully saturated rings. The van der Waals surface area contributed by atoms with E-state index in [2.05, 4.69) is 54.6 Å². The first kappa shape index (κ1) is 24.3. The Bertz CT molecular complexity index is 1980. The third-order valence-corrected chi connectivity index (χ3v) is 7.12. The van der Waals surface area contributed by atoms with Gasteiger partial charge in [0, 0.05) is 28.3 Å². The minimum absolute atomic E-state index is 0.523. The van der Waals surface area contributed by atoms with Crippen molar-refractivity contribution in [1.82, 2.24) is 9.97 Å². The third-order valence-electron chi connectivity index (χ3n) is 7.12. The summed E-state index contributed by atoms with van der Waals surface area (Å²) >= 11 is 0. The summed E-state index contributed by atoms with van der Waals surface area (Å²) in [7, 11) is 0. The molecule has 7 rings (SSSR count). The van der Waals surface area contributed by atoms with Crippen molar-refractivity contribution in [2.24, 2.45) is 0 Å². The lowest BCUT2D eigenvalue weighted by Gasteiger charge is -2.12.